The molecule has 4 rings (SSSR count). The molecule has 0 unspecified atom stereocenters. The lowest BCUT2D eigenvalue weighted by Crippen LogP contribution is -2.23. The number of benzene rings is 2. The average Bonchev–Trinajstić information content (AvgIpc) is 3.34. The molecule has 1 fully saturated rings. The summed E-state index contributed by atoms with van der Waals surface area (Å²) in [5.41, 5.74) is 3.16. The summed E-state index contributed by atoms with van der Waals surface area (Å²) in [6, 6.07) is 16.4. The minimum absolute atomic E-state index is 0.158. The highest BCUT2D eigenvalue weighted by molar-refractivity contribution is 9.10. The number of hydrogen-bond donors (Lipinski definition) is 0. The number of carbonyl (C=O) groups excluding carboxylic acids is 2. The molecule has 8 heteroatoms. The Morgan fingerprint density at radius 2 is 1.91 bits per heavy atom. The maximum atomic E-state index is 12.7. The van der Waals surface area contributed by atoms with Crippen molar-refractivity contribution in [1.29, 1.82) is 0 Å². The van der Waals surface area contributed by atoms with E-state index in [4.69, 9.17) is 9.15 Å². The topological polar surface area (TPSA) is 72.1 Å². The van der Waals surface area contributed by atoms with Crippen LogP contribution in [0.3, 0.4) is 0 Å². The molecule has 2 aromatic carbocycles. The van der Waals surface area contributed by atoms with E-state index in [1.165, 1.54) is 23.8 Å². The van der Waals surface area contributed by atoms with Crippen LogP contribution in [-0.4, -0.2) is 36.1 Å². The Hall–Kier alpha value is -3.10. The van der Waals surface area contributed by atoms with E-state index in [9.17, 15) is 9.59 Å². The third-order valence-electron chi connectivity index (χ3n) is 4.81. The first-order valence-corrected chi connectivity index (χ1v) is 11.3. The van der Waals surface area contributed by atoms with Crippen LogP contribution in [0.25, 0.3) is 17.4 Å². The van der Waals surface area contributed by atoms with Crippen molar-refractivity contribution >= 4 is 56.5 Å². The Morgan fingerprint density at radius 3 is 2.59 bits per heavy atom. The van der Waals surface area contributed by atoms with Gasteiger partial charge >= 0.3 is 5.97 Å². The van der Waals surface area contributed by atoms with Gasteiger partial charge in [-0.25, -0.2) is 9.79 Å². The summed E-state index contributed by atoms with van der Waals surface area (Å²) in [6.07, 6.45) is 1.72. The third kappa shape index (κ3) is 4.56. The molecule has 1 aliphatic rings. The molecular weight excluding hydrogens is 492 g/mol. The van der Waals surface area contributed by atoms with Gasteiger partial charge in [0.15, 0.2) is 5.17 Å². The predicted octanol–water partition coefficient (Wildman–Crippen LogP) is 6.04. The molecule has 1 aliphatic heterocycles. The van der Waals surface area contributed by atoms with Gasteiger partial charge in [-0.15, -0.1) is 0 Å². The van der Waals surface area contributed by atoms with Gasteiger partial charge in [0, 0.05) is 23.2 Å². The van der Waals surface area contributed by atoms with Crippen molar-refractivity contribution in [3.63, 3.8) is 0 Å². The number of aryl methyl sites for hydroxylation is 1. The highest BCUT2D eigenvalue weighted by atomic mass is 79.9. The second kappa shape index (κ2) is 9.18. The van der Waals surface area contributed by atoms with Crippen LogP contribution in [0.4, 0.5) is 5.69 Å². The summed E-state index contributed by atoms with van der Waals surface area (Å²) in [5.74, 6) is 0.731. The number of halogens is 1. The number of rotatable bonds is 4. The first kappa shape index (κ1) is 22.1. The molecular formula is C24H19BrN2O4S. The van der Waals surface area contributed by atoms with Gasteiger partial charge in [-0.3, -0.25) is 9.69 Å². The highest BCUT2D eigenvalue weighted by Gasteiger charge is 2.30. The molecule has 0 N–H and O–H groups in total. The van der Waals surface area contributed by atoms with Gasteiger partial charge in [0.25, 0.3) is 5.91 Å². The van der Waals surface area contributed by atoms with Gasteiger partial charge in [-0.2, -0.15) is 0 Å². The van der Waals surface area contributed by atoms with Crippen molar-refractivity contribution in [2.24, 2.45) is 4.99 Å². The molecule has 1 saturated heterocycles. The molecule has 0 aliphatic carbocycles. The van der Waals surface area contributed by atoms with Gasteiger partial charge in [0.05, 0.1) is 23.3 Å². The summed E-state index contributed by atoms with van der Waals surface area (Å²) < 4.78 is 11.6. The second-order valence-electron chi connectivity index (χ2n) is 7.09. The summed E-state index contributed by atoms with van der Waals surface area (Å²) in [7, 11) is 3.01. The SMILES string of the molecule is COC(=O)c1ccc(N=C2S/C(=C/c3ccc(-c4ccc(C)cc4Br)o3)C(=O)N2C)cc1. The number of amides is 1. The van der Waals surface area contributed by atoms with Crippen LogP contribution >= 0.6 is 27.7 Å². The minimum Gasteiger partial charge on any atom is -0.465 e. The van der Waals surface area contributed by atoms with Crippen LogP contribution in [0.2, 0.25) is 0 Å². The first-order chi connectivity index (χ1) is 15.4. The van der Waals surface area contributed by atoms with Crippen LogP contribution in [0.1, 0.15) is 21.7 Å². The lowest BCUT2D eigenvalue weighted by Gasteiger charge is -2.07. The molecule has 1 amide bonds. The molecule has 0 saturated carbocycles. The number of carbonyl (C=O) groups is 2. The molecule has 0 radical (unpaired) electrons. The van der Waals surface area contributed by atoms with Crippen molar-refractivity contribution in [2.45, 2.75) is 6.92 Å². The Labute approximate surface area is 198 Å². The van der Waals surface area contributed by atoms with Crippen LogP contribution in [0, 0.1) is 6.92 Å². The number of ether oxygens (including phenoxy) is 1. The lowest BCUT2D eigenvalue weighted by atomic mass is 10.1. The van der Waals surface area contributed by atoms with E-state index in [2.05, 4.69) is 20.9 Å². The molecule has 0 bridgehead atoms. The smallest absolute Gasteiger partial charge is 0.337 e. The van der Waals surface area contributed by atoms with Crippen LogP contribution in [0.15, 0.2) is 73.4 Å². The lowest BCUT2D eigenvalue weighted by molar-refractivity contribution is -0.121. The number of methoxy groups -OCH3 is 1. The van der Waals surface area contributed by atoms with Gasteiger partial charge in [-0.1, -0.05) is 22.0 Å². The minimum atomic E-state index is -0.410. The maximum absolute atomic E-state index is 12.7. The quantitative estimate of drug-likeness (QED) is 0.316. The number of furan rings is 1. The normalized spacial score (nSPS) is 16.2. The summed E-state index contributed by atoms with van der Waals surface area (Å²) in [5, 5.41) is 0.542. The first-order valence-electron chi connectivity index (χ1n) is 9.67. The van der Waals surface area contributed by atoms with Crippen molar-refractivity contribution < 1.29 is 18.7 Å². The van der Waals surface area contributed by atoms with E-state index < -0.39 is 5.97 Å². The zero-order valence-electron chi connectivity index (χ0n) is 17.6. The molecule has 2 heterocycles. The fourth-order valence-electron chi connectivity index (χ4n) is 3.08. The van der Waals surface area contributed by atoms with Crippen molar-refractivity contribution in [2.75, 3.05) is 14.2 Å². The highest BCUT2D eigenvalue weighted by Crippen LogP contribution is 2.35. The van der Waals surface area contributed by atoms with E-state index in [-0.39, 0.29) is 5.91 Å². The van der Waals surface area contributed by atoms with Gasteiger partial charge in [0.1, 0.15) is 11.5 Å². The largest absolute Gasteiger partial charge is 0.465 e. The van der Waals surface area contributed by atoms with Crippen LogP contribution in [0.5, 0.6) is 0 Å². The molecule has 32 heavy (non-hydrogen) atoms. The van der Waals surface area contributed by atoms with Crippen LogP contribution in [-0.2, 0) is 9.53 Å². The van der Waals surface area contributed by atoms with Gasteiger partial charge in [0.2, 0.25) is 0 Å². The summed E-state index contributed by atoms with van der Waals surface area (Å²) in [4.78, 5) is 30.8. The molecule has 3 aromatic rings. The van der Waals surface area contributed by atoms with E-state index >= 15 is 0 Å². The Balaban J connectivity index is 1.56. The zero-order chi connectivity index (χ0) is 22.8. The van der Waals surface area contributed by atoms with Crippen molar-refractivity contribution in [3.8, 4) is 11.3 Å². The second-order valence-corrected chi connectivity index (χ2v) is 8.96. The van der Waals surface area contributed by atoms with E-state index in [0.29, 0.717) is 32.8 Å². The average molecular weight is 511 g/mol. The number of thioether (sulfide) groups is 1. The Bertz CT molecular complexity index is 1260. The Kier molecular flexibility index (Phi) is 6.34. The standard InChI is InChI=1S/C24H19BrN2O4S/c1-14-4-10-18(19(25)12-14)20-11-9-17(31-20)13-21-22(28)27(2)24(32-21)26-16-7-5-15(6-8-16)23(29)30-3/h4-13H,1-3H3/b21-13+,26-24?. The zero-order valence-corrected chi connectivity index (χ0v) is 20.0. The van der Waals surface area contributed by atoms with Crippen molar-refractivity contribution in [1.82, 2.24) is 4.90 Å². The number of amidine groups is 1. The molecule has 0 spiro atoms. The number of hydrogen-bond acceptors (Lipinski definition) is 6. The predicted molar refractivity (Wildman–Crippen MR) is 130 cm³/mol. The molecule has 0 atom stereocenters. The fraction of sp³-hybridized carbons (Fsp3) is 0.125. The van der Waals surface area contributed by atoms with Crippen LogP contribution < -0.4 is 0 Å². The third-order valence-corrected chi connectivity index (χ3v) is 6.52. The molecule has 6 nitrogen and oxygen atoms in total. The molecule has 162 valence electrons. The monoisotopic (exact) mass is 510 g/mol. The fourth-order valence-corrected chi connectivity index (χ4v) is 4.73. The number of esters is 1. The maximum Gasteiger partial charge on any atom is 0.337 e. The number of aliphatic imine (C=N–C) groups is 1. The van der Waals surface area contributed by atoms with Crippen molar-refractivity contribution in [3.05, 3.63) is 80.9 Å². The summed E-state index contributed by atoms with van der Waals surface area (Å²) in [6.45, 7) is 2.03. The number of nitrogens with zero attached hydrogens (tertiary/aromatic N) is 2. The van der Waals surface area contributed by atoms with E-state index in [1.807, 2.05) is 37.3 Å². The number of likely N-dealkylation sites (N-methyl/N-ethyl adjacent to an activating group) is 1. The van der Waals surface area contributed by atoms with E-state index in [0.717, 1.165) is 15.6 Å². The molecule has 1 aromatic heterocycles. The Morgan fingerprint density at radius 1 is 1.16 bits per heavy atom. The summed E-state index contributed by atoms with van der Waals surface area (Å²) >= 11 is 4.84. The van der Waals surface area contributed by atoms with Gasteiger partial charge in [-0.05, 0) is 72.8 Å². The van der Waals surface area contributed by atoms with Gasteiger partial charge < -0.3 is 9.15 Å². The van der Waals surface area contributed by atoms with E-state index in [1.54, 1.807) is 37.4 Å².